The molecule has 1 heterocycles. The molecule has 3 nitrogen and oxygen atoms in total. The minimum absolute atomic E-state index is 0.216. The third-order valence-electron chi connectivity index (χ3n) is 5.00. The topological polar surface area (TPSA) is 32.3 Å². The number of nitrogens with zero attached hydrogens (tertiary/aromatic N) is 1. The van der Waals surface area contributed by atoms with Crippen molar-refractivity contribution in [1.82, 2.24) is 10.2 Å². The van der Waals surface area contributed by atoms with Crippen molar-refractivity contribution < 1.29 is 4.79 Å². The van der Waals surface area contributed by atoms with Crippen molar-refractivity contribution in [2.75, 3.05) is 13.1 Å². The molecule has 1 fully saturated rings. The SMILES string of the molecule is CC(=O)N1CCC(NC2CCCCc3ccccc32)CC1. The third-order valence-corrected chi connectivity index (χ3v) is 5.00. The standard InChI is InChI=1S/C18H26N2O/c1-14(21)20-12-10-16(11-13-20)19-18-9-5-3-7-15-6-2-4-8-17(15)18/h2,4,6,8,16,18-19H,3,5,7,9-13H2,1H3. The lowest BCUT2D eigenvalue weighted by Gasteiger charge is -2.34. The maximum absolute atomic E-state index is 11.4. The summed E-state index contributed by atoms with van der Waals surface area (Å²) in [6.07, 6.45) is 7.23. The van der Waals surface area contributed by atoms with E-state index in [2.05, 4.69) is 29.6 Å². The van der Waals surface area contributed by atoms with Gasteiger partial charge in [0.2, 0.25) is 5.91 Å². The van der Waals surface area contributed by atoms with Crippen LogP contribution >= 0.6 is 0 Å². The lowest BCUT2D eigenvalue weighted by Crippen LogP contribution is -2.45. The van der Waals surface area contributed by atoms with E-state index in [1.165, 1.54) is 36.8 Å². The maximum Gasteiger partial charge on any atom is 0.219 e. The van der Waals surface area contributed by atoms with Gasteiger partial charge in [0, 0.05) is 32.1 Å². The van der Waals surface area contributed by atoms with Crippen molar-refractivity contribution in [3.8, 4) is 0 Å². The van der Waals surface area contributed by atoms with E-state index in [1.807, 2.05) is 4.90 Å². The van der Waals surface area contributed by atoms with Crippen LogP contribution < -0.4 is 5.32 Å². The van der Waals surface area contributed by atoms with Crippen LogP contribution in [-0.2, 0) is 11.2 Å². The van der Waals surface area contributed by atoms with Crippen LogP contribution in [0.15, 0.2) is 24.3 Å². The molecule has 0 radical (unpaired) electrons. The molecule has 0 saturated carbocycles. The molecule has 0 spiro atoms. The zero-order valence-corrected chi connectivity index (χ0v) is 13.0. The van der Waals surface area contributed by atoms with E-state index < -0.39 is 0 Å². The number of carbonyl (C=O) groups is 1. The second-order valence-corrected chi connectivity index (χ2v) is 6.44. The Kier molecular flexibility index (Phi) is 4.59. The highest BCUT2D eigenvalue weighted by Crippen LogP contribution is 2.29. The Morgan fingerprint density at radius 2 is 1.90 bits per heavy atom. The third kappa shape index (κ3) is 3.46. The van der Waals surface area contributed by atoms with Crippen molar-refractivity contribution in [3.05, 3.63) is 35.4 Å². The second kappa shape index (κ2) is 6.61. The molecule has 1 N–H and O–H groups in total. The van der Waals surface area contributed by atoms with E-state index in [0.29, 0.717) is 12.1 Å². The van der Waals surface area contributed by atoms with E-state index >= 15 is 0 Å². The van der Waals surface area contributed by atoms with Gasteiger partial charge < -0.3 is 10.2 Å². The number of hydrogen-bond donors (Lipinski definition) is 1. The summed E-state index contributed by atoms with van der Waals surface area (Å²) >= 11 is 0. The molecule has 2 aliphatic rings. The smallest absolute Gasteiger partial charge is 0.219 e. The van der Waals surface area contributed by atoms with Crippen LogP contribution in [0.25, 0.3) is 0 Å². The Labute approximate surface area is 127 Å². The van der Waals surface area contributed by atoms with Gasteiger partial charge in [0.15, 0.2) is 0 Å². The van der Waals surface area contributed by atoms with Crippen molar-refractivity contribution in [2.24, 2.45) is 0 Å². The molecule has 0 bridgehead atoms. The van der Waals surface area contributed by atoms with Gasteiger partial charge >= 0.3 is 0 Å². The molecule has 1 unspecified atom stereocenters. The van der Waals surface area contributed by atoms with Gasteiger partial charge in [0.1, 0.15) is 0 Å². The van der Waals surface area contributed by atoms with Crippen molar-refractivity contribution >= 4 is 5.91 Å². The highest BCUT2D eigenvalue weighted by atomic mass is 16.2. The van der Waals surface area contributed by atoms with E-state index in [-0.39, 0.29) is 5.91 Å². The van der Waals surface area contributed by atoms with Crippen LogP contribution in [-0.4, -0.2) is 29.9 Å². The van der Waals surface area contributed by atoms with Gasteiger partial charge in [-0.05, 0) is 43.2 Å². The monoisotopic (exact) mass is 286 g/mol. The highest BCUT2D eigenvalue weighted by molar-refractivity contribution is 5.73. The minimum Gasteiger partial charge on any atom is -0.343 e. The number of rotatable bonds is 2. The van der Waals surface area contributed by atoms with Crippen LogP contribution in [0.4, 0.5) is 0 Å². The summed E-state index contributed by atoms with van der Waals surface area (Å²) in [7, 11) is 0. The number of aryl methyl sites for hydroxylation is 1. The van der Waals surface area contributed by atoms with Crippen LogP contribution in [0.3, 0.4) is 0 Å². The number of hydrogen-bond acceptors (Lipinski definition) is 2. The van der Waals surface area contributed by atoms with Crippen LogP contribution in [0.5, 0.6) is 0 Å². The first-order valence-electron chi connectivity index (χ1n) is 8.33. The second-order valence-electron chi connectivity index (χ2n) is 6.44. The van der Waals surface area contributed by atoms with Gasteiger partial charge in [-0.25, -0.2) is 0 Å². The Balaban J connectivity index is 1.64. The van der Waals surface area contributed by atoms with Gasteiger partial charge in [-0.2, -0.15) is 0 Å². The Hall–Kier alpha value is -1.35. The van der Waals surface area contributed by atoms with E-state index in [0.717, 1.165) is 25.9 Å². The van der Waals surface area contributed by atoms with Crippen molar-refractivity contribution in [3.63, 3.8) is 0 Å². The Bertz CT molecular complexity index is 492. The predicted molar refractivity (Wildman–Crippen MR) is 85.1 cm³/mol. The highest BCUT2D eigenvalue weighted by Gasteiger charge is 2.25. The van der Waals surface area contributed by atoms with E-state index in [1.54, 1.807) is 6.92 Å². The number of nitrogens with one attached hydrogen (secondary N) is 1. The number of piperidine rings is 1. The lowest BCUT2D eigenvalue weighted by atomic mass is 9.96. The fourth-order valence-electron chi connectivity index (χ4n) is 3.74. The van der Waals surface area contributed by atoms with Gasteiger partial charge in [-0.3, -0.25) is 4.79 Å². The average molecular weight is 286 g/mol. The molecule has 1 aromatic carbocycles. The molecule has 1 aliphatic carbocycles. The molecule has 114 valence electrons. The molecular weight excluding hydrogens is 260 g/mol. The number of fused-ring (bicyclic) bond motifs is 1. The summed E-state index contributed by atoms with van der Waals surface area (Å²) in [5, 5.41) is 3.88. The van der Waals surface area contributed by atoms with Gasteiger partial charge in [0.05, 0.1) is 0 Å². The minimum atomic E-state index is 0.216. The largest absolute Gasteiger partial charge is 0.343 e. The number of likely N-dealkylation sites (tertiary alicyclic amines) is 1. The fourth-order valence-corrected chi connectivity index (χ4v) is 3.74. The Morgan fingerprint density at radius 1 is 1.14 bits per heavy atom. The Morgan fingerprint density at radius 3 is 2.67 bits per heavy atom. The molecule has 21 heavy (non-hydrogen) atoms. The van der Waals surface area contributed by atoms with Gasteiger partial charge in [-0.1, -0.05) is 30.7 Å². The van der Waals surface area contributed by atoms with Crippen LogP contribution in [0.1, 0.15) is 56.2 Å². The molecular formula is C18H26N2O. The summed E-state index contributed by atoms with van der Waals surface area (Å²) in [5.74, 6) is 0.216. The number of benzene rings is 1. The number of carbonyl (C=O) groups excluding carboxylic acids is 1. The predicted octanol–water partition coefficient (Wildman–Crippen LogP) is 3.05. The zero-order chi connectivity index (χ0) is 14.7. The molecule has 1 aliphatic heterocycles. The van der Waals surface area contributed by atoms with Crippen LogP contribution in [0, 0.1) is 0 Å². The van der Waals surface area contributed by atoms with E-state index in [4.69, 9.17) is 0 Å². The van der Waals surface area contributed by atoms with Crippen LogP contribution in [0.2, 0.25) is 0 Å². The van der Waals surface area contributed by atoms with Gasteiger partial charge in [-0.15, -0.1) is 0 Å². The molecule has 1 atom stereocenters. The summed E-state index contributed by atoms with van der Waals surface area (Å²) in [6, 6.07) is 9.95. The summed E-state index contributed by atoms with van der Waals surface area (Å²) < 4.78 is 0. The molecule has 0 aromatic heterocycles. The molecule has 3 rings (SSSR count). The molecule has 1 saturated heterocycles. The first-order valence-corrected chi connectivity index (χ1v) is 8.33. The fraction of sp³-hybridized carbons (Fsp3) is 0.611. The van der Waals surface area contributed by atoms with Crippen molar-refractivity contribution in [2.45, 2.75) is 57.5 Å². The quantitative estimate of drug-likeness (QED) is 0.848. The normalized spacial score (nSPS) is 23.5. The first kappa shape index (κ1) is 14.6. The summed E-state index contributed by atoms with van der Waals surface area (Å²) in [4.78, 5) is 13.4. The average Bonchev–Trinajstić information content (AvgIpc) is 2.71. The summed E-state index contributed by atoms with van der Waals surface area (Å²) in [5.41, 5.74) is 3.03. The lowest BCUT2D eigenvalue weighted by molar-refractivity contribution is -0.129. The molecule has 1 amide bonds. The molecule has 3 heteroatoms. The first-order chi connectivity index (χ1) is 10.2. The number of amides is 1. The zero-order valence-electron chi connectivity index (χ0n) is 13.0. The van der Waals surface area contributed by atoms with Gasteiger partial charge in [0.25, 0.3) is 0 Å². The summed E-state index contributed by atoms with van der Waals surface area (Å²) in [6.45, 7) is 3.48. The maximum atomic E-state index is 11.4. The molecule has 1 aromatic rings. The van der Waals surface area contributed by atoms with E-state index in [9.17, 15) is 4.79 Å². The van der Waals surface area contributed by atoms with Crippen molar-refractivity contribution in [1.29, 1.82) is 0 Å².